The molecule has 0 aliphatic heterocycles. The van der Waals surface area contributed by atoms with Gasteiger partial charge < -0.3 is 10.2 Å². The Hall–Kier alpha value is -0.410. The van der Waals surface area contributed by atoms with Crippen LogP contribution < -0.4 is 0 Å². The minimum atomic E-state index is -0.451. The van der Waals surface area contributed by atoms with Crippen molar-refractivity contribution < 1.29 is 15.0 Å². The van der Waals surface area contributed by atoms with Crippen LogP contribution in [0.1, 0.15) is 59.3 Å². The highest BCUT2D eigenvalue weighted by atomic mass is 16.3. The maximum absolute atomic E-state index is 13.3. The first-order valence-corrected chi connectivity index (χ1v) is 9.57. The van der Waals surface area contributed by atoms with Crippen LogP contribution in [0.15, 0.2) is 0 Å². The van der Waals surface area contributed by atoms with Crippen LogP contribution in [0.2, 0.25) is 0 Å². The van der Waals surface area contributed by atoms with Crippen LogP contribution in [0.5, 0.6) is 0 Å². The van der Waals surface area contributed by atoms with Crippen LogP contribution in [0.3, 0.4) is 0 Å². The fourth-order valence-electron chi connectivity index (χ4n) is 8.53. The van der Waals surface area contributed by atoms with Gasteiger partial charge in [0.25, 0.3) is 0 Å². The van der Waals surface area contributed by atoms with Gasteiger partial charge >= 0.3 is 0 Å². The number of hydrogen-bond donors (Lipinski definition) is 2. The number of carbonyl (C=O) groups is 1. The van der Waals surface area contributed by atoms with Crippen molar-refractivity contribution in [1.29, 1.82) is 0 Å². The lowest BCUT2D eigenvalue weighted by Crippen LogP contribution is -2.66. The van der Waals surface area contributed by atoms with E-state index in [1.807, 2.05) is 0 Å². The van der Waals surface area contributed by atoms with E-state index in [4.69, 9.17) is 0 Å². The van der Waals surface area contributed by atoms with Crippen molar-refractivity contribution in [3.8, 4) is 0 Å². The van der Waals surface area contributed by atoms with Crippen molar-refractivity contribution in [1.82, 2.24) is 0 Å². The van der Waals surface area contributed by atoms with E-state index >= 15 is 0 Å². The van der Waals surface area contributed by atoms with E-state index in [0.29, 0.717) is 30.0 Å². The summed E-state index contributed by atoms with van der Waals surface area (Å²) in [5, 5.41) is 21.2. The smallest absolute Gasteiger partial charge is 0.142 e. The summed E-state index contributed by atoms with van der Waals surface area (Å²) in [6, 6.07) is 0. The van der Waals surface area contributed by atoms with Crippen molar-refractivity contribution in [2.24, 2.45) is 45.3 Å². The first-order chi connectivity index (χ1) is 10.7. The zero-order valence-electron chi connectivity index (χ0n) is 14.6. The fraction of sp³-hybridized carbons (Fsp3) is 0.950. The Morgan fingerprint density at radius 2 is 1.87 bits per heavy atom. The van der Waals surface area contributed by atoms with Gasteiger partial charge in [-0.1, -0.05) is 27.2 Å². The number of fused-ring (bicyclic) bond motifs is 1. The second-order valence-electron chi connectivity index (χ2n) is 10.4. The molecular formula is C20H30O3. The molecule has 0 aromatic rings. The van der Waals surface area contributed by atoms with Crippen LogP contribution in [-0.2, 0) is 4.79 Å². The monoisotopic (exact) mass is 318 g/mol. The minimum Gasteiger partial charge on any atom is -0.396 e. The average molecular weight is 318 g/mol. The normalized spacial score (nSPS) is 66.0. The van der Waals surface area contributed by atoms with Crippen molar-refractivity contribution >= 4 is 5.78 Å². The van der Waals surface area contributed by atoms with Crippen LogP contribution in [-0.4, -0.2) is 28.7 Å². The lowest BCUT2D eigenvalue weighted by atomic mass is 9.38. The van der Waals surface area contributed by atoms with Gasteiger partial charge in [-0.15, -0.1) is 0 Å². The Balaban J connectivity index is 1.63. The van der Waals surface area contributed by atoms with Gasteiger partial charge in [0.2, 0.25) is 0 Å². The molecule has 6 aliphatic rings. The van der Waals surface area contributed by atoms with E-state index in [-0.39, 0.29) is 28.8 Å². The van der Waals surface area contributed by atoms with Crippen LogP contribution >= 0.6 is 0 Å². The van der Waals surface area contributed by atoms with Gasteiger partial charge in [0.15, 0.2) is 0 Å². The van der Waals surface area contributed by atoms with Gasteiger partial charge in [-0.3, -0.25) is 4.79 Å². The van der Waals surface area contributed by atoms with Gasteiger partial charge in [-0.25, -0.2) is 0 Å². The Morgan fingerprint density at radius 3 is 2.48 bits per heavy atom. The van der Waals surface area contributed by atoms with E-state index in [0.717, 1.165) is 32.1 Å². The molecule has 6 saturated carbocycles. The van der Waals surface area contributed by atoms with Gasteiger partial charge in [0, 0.05) is 18.4 Å². The predicted molar refractivity (Wildman–Crippen MR) is 86.5 cm³/mol. The second-order valence-corrected chi connectivity index (χ2v) is 10.4. The van der Waals surface area contributed by atoms with Crippen LogP contribution in [0, 0.1) is 45.3 Å². The molecular weight excluding hydrogens is 288 g/mol. The SMILES string of the molecule is CC1(CO)CCCC2(C)C1CC(=O)C13CC4C(CC21)C4(C)C3O. The van der Waals surface area contributed by atoms with Gasteiger partial charge in [-0.05, 0) is 60.2 Å². The highest BCUT2D eigenvalue weighted by Gasteiger charge is 2.84. The fourth-order valence-corrected chi connectivity index (χ4v) is 8.53. The number of hydrogen-bond acceptors (Lipinski definition) is 3. The molecule has 0 saturated heterocycles. The molecule has 0 amide bonds. The summed E-state index contributed by atoms with van der Waals surface area (Å²) >= 11 is 0. The van der Waals surface area contributed by atoms with Crippen LogP contribution in [0.4, 0.5) is 0 Å². The third kappa shape index (κ3) is 1.31. The molecule has 9 atom stereocenters. The van der Waals surface area contributed by atoms with Gasteiger partial charge in [0.1, 0.15) is 5.78 Å². The Bertz CT molecular complexity index is 602. The first kappa shape index (κ1) is 14.9. The largest absolute Gasteiger partial charge is 0.396 e. The molecule has 6 fully saturated rings. The predicted octanol–water partition coefficient (Wildman–Crippen LogP) is 2.79. The Kier molecular flexibility index (Phi) is 2.51. The molecule has 128 valence electrons. The van der Waals surface area contributed by atoms with E-state index in [9.17, 15) is 15.0 Å². The highest BCUT2D eigenvalue weighted by molar-refractivity contribution is 5.89. The van der Waals surface area contributed by atoms with Crippen molar-refractivity contribution in [3.05, 3.63) is 0 Å². The van der Waals surface area contributed by atoms with Crippen molar-refractivity contribution in [2.75, 3.05) is 6.61 Å². The molecule has 4 bridgehead atoms. The first-order valence-electron chi connectivity index (χ1n) is 9.57. The van der Waals surface area contributed by atoms with Crippen molar-refractivity contribution in [3.63, 3.8) is 0 Å². The van der Waals surface area contributed by atoms with E-state index in [1.54, 1.807) is 0 Å². The Labute approximate surface area is 138 Å². The molecule has 0 heterocycles. The number of carbonyl (C=O) groups excluding carboxylic acids is 1. The molecule has 23 heavy (non-hydrogen) atoms. The molecule has 9 unspecified atom stereocenters. The molecule has 3 nitrogen and oxygen atoms in total. The van der Waals surface area contributed by atoms with Gasteiger partial charge in [0.05, 0.1) is 11.5 Å². The molecule has 6 aliphatic carbocycles. The third-order valence-corrected chi connectivity index (χ3v) is 9.89. The highest BCUT2D eigenvalue weighted by Crippen LogP contribution is 2.84. The lowest BCUT2D eigenvalue weighted by Gasteiger charge is -2.65. The molecule has 3 heteroatoms. The molecule has 2 N–H and O–H groups in total. The minimum absolute atomic E-state index is 0.0320. The summed E-state index contributed by atoms with van der Waals surface area (Å²) in [5.41, 5.74) is -0.431. The molecule has 0 aromatic carbocycles. The number of aliphatic hydroxyl groups excluding tert-OH is 2. The van der Waals surface area contributed by atoms with Crippen LogP contribution in [0.25, 0.3) is 0 Å². The van der Waals surface area contributed by atoms with Gasteiger partial charge in [-0.2, -0.15) is 0 Å². The second kappa shape index (κ2) is 3.88. The molecule has 0 radical (unpaired) electrons. The summed E-state index contributed by atoms with van der Waals surface area (Å²) in [6.45, 7) is 6.98. The van der Waals surface area contributed by atoms with Crippen molar-refractivity contribution in [2.45, 2.75) is 65.4 Å². The topological polar surface area (TPSA) is 57.5 Å². The summed E-state index contributed by atoms with van der Waals surface area (Å²) in [5.74, 6) is 2.16. The summed E-state index contributed by atoms with van der Waals surface area (Å²) in [6.07, 6.45) is 5.57. The molecule has 0 aromatic heterocycles. The number of ketones is 1. The van der Waals surface area contributed by atoms with E-state index in [2.05, 4.69) is 20.8 Å². The van der Waals surface area contributed by atoms with E-state index in [1.165, 1.54) is 0 Å². The molecule has 6 rings (SSSR count). The maximum Gasteiger partial charge on any atom is 0.142 e. The summed E-state index contributed by atoms with van der Waals surface area (Å²) in [4.78, 5) is 13.3. The third-order valence-electron chi connectivity index (χ3n) is 9.89. The quantitative estimate of drug-likeness (QED) is 0.781. The standard InChI is InChI=1S/C20H30O3/c1-17(10-21)5-4-6-18(2)13(17)8-15(22)20-9-12-11(7-14(18)20)19(12,3)16(20)23/h11-14,16,21,23H,4-10H2,1-3H3. The lowest BCUT2D eigenvalue weighted by molar-refractivity contribution is -0.204. The zero-order chi connectivity index (χ0) is 16.4. The maximum atomic E-state index is 13.3. The average Bonchev–Trinajstić information content (AvgIpc) is 3.06. The van der Waals surface area contributed by atoms with E-state index < -0.39 is 11.5 Å². The zero-order valence-corrected chi connectivity index (χ0v) is 14.6. The number of Topliss-reactive ketones (excluding diaryl/α,β-unsaturated/α-hetero) is 1. The molecule has 1 spiro atoms. The number of aliphatic hydroxyl groups is 2. The summed E-state index contributed by atoms with van der Waals surface area (Å²) < 4.78 is 0. The number of rotatable bonds is 1. The summed E-state index contributed by atoms with van der Waals surface area (Å²) in [7, 11) is 0. The Morgan fingerprint density at radius 1 is 1.13 bits per heavy atom.